The second-order valence-corrected chi connectivity index (χ2v) is 3.23. The highest BCUT2D eigenvalue weighted by atomic mass is 16.5. The van der Waals surface area contributed by atoms with Gasteiger partial charge in [0.05, 0.1) is 12.2 Å². The molecule has 3 N–H and O–H groups in total. The van der Waals surface area contributed by atoms with Gasteiger partial charge in [-0.1, -0.05) is 0 Å². The second kappa shape index (κ2) is 3.65. The average molecular weight is 204 g/mol. The van der Waals surface area contributed by atoms with Gasteiger partial charge in [-0.2, -0.15) is 0 Å². The van der Waals surface area contributed by atoms with Crippen LogP contribution in [0, 0.1) is 0 Å². The normalized spacial score (nSPS) is 10.5. The second-order valence-electron chi connectivity index (χ2n) is 3.23. The summed E-state index contributed by atoms with van der Waals surface area (Å²) in [6, 6.07) is 5.26. The van der Waals surface area contributed by atoms with E-state index >= 15 is 0 Å². The topological polar surface area (TPSA) is 68.1 Å². The smallest absolute Gasteiger partial charge is 0.338 e. The summed E-state index contributed by atoms with van der Waals surface area (Å²) in [5.41, 5.74) is 7.59. The van der Waals surface area contributed by atoms with Gasteiger partial charge in [-0.05, 0) is 25.1 Å². The minimum Gasteiger partial charge on any atom is -0.462 e. The third-order valence-corrected chi connectivity index (χ3v) is 2.19. The first-order valence-electron chi connectivity index (χ1n) is 4.76. The zero-order chi connectivity index (χ0) is 10.8. The Morgan fingerprint density at radius 1 is 1.53 bits per heavy atom. The summed E-state index contributed by atoms with van der Waals surface area (Å²) in [6.45, 7) is 2.14. The van der Waals surface area contributed by atoms with Crippen LogP contribution in [0.1, 0.15) is 17.3 Å². The maximum Gasteiger partial charge on any atom is 0.338 e. The number of carbonyl (C=O) groups excluding carboxylic acids is 1. The van der Waals surface area contributed by atoms with Crippen molar-refractivity contribution in [3.63, 3.8) is 0 Å². The molecule has 0 saturated heterocycles. The Labute approximate surface area is 87.0 Å². The number of fused-ring (bicyclic) bond motifs is 1. The zero-order valence-corrected chi connectivity index (χ0v) is 8.41. The average Bonchev–Trinajstić information content (AvgIpc) is 2.64. The van der Waals surface area contributed by atoms with Crippen LogP contribution in [-0.2, 0) is 4.74 Å². The molecule has 0 atom stereocenters. The van der Waals surface area contributed by atoms with Crippen LogP contribution < -0.4 is 5.73 Å². The number of aromatic nitrogens is 1. The minimum absolute atomic E-state index is 0.339. The number of nitrogen functional groups attached to an aromatic ring is 1. The lowest BCUT2D eigenvalue weighted by atomic mass is 10.1. The molecule has 0 radical (unpaired) electrons. The molecule has 15 heavy (non-hydrogen) atoms. The van der Waals surface area contributed by atoms with E-state index in [0.29, 0.717) is 17.9 Å². The molecule has 0 spiro atoms. The van der Waals surface area contributed by atoms with Gasteiger partial charge in [0, 0.05) is 22.8 Å². The Kier molecular flexibility index (Phi) is 2.33. The highest BCUT2D eigenvalue weighted by Crippen LogP contribution is 2.22. The van der Waals surface area contributed by atoms with Crippen LogP contribution in [0.2, 0.25) is 0 Å². The Bertz CT molecular complexity index is 502. The molecular weight excluding hydrogens is 192 g/mol. The standard InChI is InChI=1S/C11H12N2O2/c1-2-15-11(14)9-5-7(12)6-10-8(9)3-4-13-10/h3-6,13H,2,12H2,1H3. The number of nitrogens with two attached hydrogens (primary N) is 1. The molecule has 2 aromatic rings. The first kappa shape index (κ1) is 9.58. The quantitative estimate of drug-likeness (QED) is 0.580. The number of carbonyl (C=O) groups is 1. The fraction of sp³-hybridized carbons (Fsp3) is 0.182. The SMILES string of the molecule is CCOC(=O)c1cc(N)cc2[nH]ccc12. The molecule has 0 aliphatic rings. The lowest BCUT2D eigenvalue weighted by Gasteiger charge is -2.04. The van der Waals surface area contributed by atoms with Crippen molar-refractivity contribution < 1.29 is 9.53 Å². The number of esters is 1. The molecule has 0 bridgehead atoms. The number of anilines is 1. The van der Waals surface area contributed by atoms with Crippen molar-refractivity contribution in [1.29, 1.82) is 0 Å². The van der Waals surface area contributed by atoms with Crippen molar-refractivity contribution in [2.45, 2.75) is 6.92 Å². The number of aromatic amines is 1. The summed E-state index contributed by atoms with van der Waals surface area (Å²) in [6.07, 6.45) is 1.77. The van der Waals surface area contributed by atoms with Gasteiger partial charge in [0.2, 0.25) is 0 Å². The van der Waals surface area contributed by atoms with Crippen molar-refractivity contribution in [2.24, 2.45) is 0 Å². The Balaban J connectivity index is 2.57. The maximum atomic E-state index is 11.6. The largest absolute Gasteiger partial charge is 0.462 e. The van der Waals surface area contributed by atoms with E-state index in [2.05, 4.69) is 4.98 Å². The van der Waals surface area contributed by atoms with Gasteiger partial charge < -0.3 is 15.5 Å². The van der Waals surface area contributed by atoms with Gasteiger partial charge in [-0.25, -0.2) is 4.79 Å². The van der Waals surface area contributed by atoms with E-state index in [-0.39, 0.29) is 5.97 Å². The Hall–Kier alpha value is -1.97. The van der Waals surface area contributed by atoms with E-state index in [4.69, 9.17) is 10.5 Å². The molecule has 2 rings (SSSR count). The lowest BCUT2D eigenvalue weighted by Crippen LogP contribution is -2.05. The highest BCUT2D eigenvalue weighted by Gasteiger charge is 2.12. The molecule has 78 valence electrons. The maximum absolute atomic E-state index is 11.6. The fourth-order valence-corrected chi connectivity index (χ4v) is 1.57. The molecule has 0 fully saturated rings. The molecule has 0 saturated carbocycles. The number of ether oxygens (including phenoxy) is 1. The van der Waals surface area contributed by atoms with Crippen molar-refractivity contribution in [2.75, 3.05) is 12.3 Å². The zero-order valence-electron chi connectivity index (χ0n) is 8.41. The van der Waals surface area contributed by atoms with E-state index in [0.717, 1.165) is 10.9 Å². The molecule has 1 aromatic carbocycles. The number of H-pyrrole nitrogens is 1. The van der Waals surface area contributed by atoms with Crippen molar-refractivity contribution in [1.82, 2.24) is 4.98 Å². The summed E-state index contributed by atoms with van der Waals surface area (Å²) >= 11 is 0. The predicted octanol–water partition coefficient (Wildman–Crippen LogP) is 1.93. The van der Waals surface area contributed by atoms with Crippen molar-refractivity contribution in [3.8, 4) is 0 Å². The van der Waals surface area contributed by atoms with Gasteiger partial charge in [0.15, 0.2) is 0 Å². The monoisotopic (exact) mass is 204 g/mol. The summed E-state index contributed by atoms with van der Waals surface area (Å²) in [4.78, 5) is 14.6. The molecule has 1 aromatic heterocycles. The van der Waals surface area contributed by atoms with Gasteiger partial charge in [-0.15, -0.1) is 0 Å². The van der Waals surface area contributed by atoms with Gasteiger partial charge >= 0.3 is 5.97 Å². The number of benzene rings is 1. The fourth-order valence-electron chi connectivity index (χ4n) is 1.57. The first-order chi connectivity index (χ1) is 7.22. The lowest BCUT2D eigenvalue weighted by molar-refractivity contribution is 0.0529. The highest BCUT2D eigenvalue weighted by molar-refractivity contribution is 6.05. The van der Waals surface area contributed by atoms with Gasteiger partial charge in [-0.3, -0.25) is 0 Å². The molecular formula is C11H12N2O2. The molecule has 0 aliphatic carbocycles. The summed E-state index contributed by atoms with van der Waals surface area (Å²) in [5.74, 6) is -0.339. The third kappa shape index (κ3) is 1.66. The Morgan fingerprint density at radius 2 is 2.33 bits per heavy atom. The van der Waals surface area contributed by atoms with Crippen LogP contribution in [0.3, 0.4) is 0 Å². The third-order valence-electron chi connectivity index (χ3n) is 2.19. The van der Waals surface area contributed by atoms with Gasteiger partial charge in [0.1, 0.15) is 0 Å². The van der Waals surface area contributed by atoms with E-state index in [1.165, 1.54) is 0 Å². The van der Waals surface area contributed by atoms with Gasteiger partial charge in [0.25, 0.3) is 0 Å². The van der Waals surface area contributed by atoms with Crippen LogP contribution in [0.25, 0.3) is 10.9 Å². The number of hydrogen-bond acceptors (Lipinski definition) is 3. The number of nitrogens with one attached hydrogen (secondary N) is 1. The van der Waals surface area contributed by atoms with Crippen LogP contribution in [0.15, 0.2) is 24.4 Å². The van der Waals surface area contributed by atoms with Crippen LogP contribution in [0.4, 0.5) is 5.69 Å². The van der Waals surface area contributed by atoms with Crippen molar-refractivity contribution >= 4 is 22.6 Å². The first-order valence-corrected chi connectivity index (χ1v) is 4.76. The van der Waals surface area contributed by atoms with E-state index in [9.17, 15) is 4.79 Å². The van der Waals surface area contributed by atoms with Crippen molar-refractivity contribution in [3.05, 3.63) is 30.0 Å². The molecule has 1 heterocycles. The van der Waals surface area contributed by atoms with Crippen LogP contribution in [-0.4, -0.2) is 17.6 Å². The minimum atomic E-state index is -0.339. The van der Waals surface area contributed by atoms with Crippen LogP contribution >= 0.6 is 0 Å². The summed E-state index contributed by atoms with van der Waals surface area (Å²) < 4.78 is 4.95. The molecule has 4 heteroatoms. The molecule has 0 aliphatic heterocycles. The Morgan fingerprint density at radius 3 is 3.07 bits per heavy atom. The van der Waals surface area contributed by atoms with Crippen LogP contribution in [0.5, 0.6) is 0 Å². The van der Waals surface area contributed by atoms with E-state index in [1.54, 1.807) is 25.3 Å². The summed E-state index contributed by atoms with van der Waals surface area (Å²) in [5, 5.41) is 0.836. The van der Waals surface area contributed by atoms with E-state index in [1.807, 2.05) is 6.07 Å². The number of hydrogen-bond donors (Lipinski definition) is 2. The molecule has 4 nitrogen and oxygen atoms in total. The summed E-state index contributed by atoms with van der Waals surface area (Å²) in [7, 11) is 0. The molecule has 0 amide bonds. The predicted molar refractivity (Wildman–Crippen MR) is 58.7 cm³/mol. The molecule has 0 unspecified atom stereocenters. The number of rotatable bonds is 2. The van der Waals surface area contributed by atoms with E-state index < -0.39 is 0 Å².